The van der Waals surface area contributed by atoms with Crippen LogP contribution in [-0.2, 0) is 0 Å². The Bertz CT molecular complexity index is 846. The van der Waals surface area contributed by atoms with Gasteiger partial charge in [-0.05, 0) is 37.5 Å². The van der Waals surface area contributed by atoms with Crippen molar-refractivity contribution in [1.29, 1.82) is 0 Å². The lowest BCUT2D eigenvalue weighted by Gasteiger charge is -2.37. The minimum Gasteiger partial charge on any atom is -0.506 e. The minimum absolute atomic E-state index is 0.0185. The number of para-hydroxylation sites is 2. The summed E-state index contributed by atoms with van der Waals surface area (Å²) in [7, 11) is 0. The Labute approximate surface area is 170 Å². The third-order valence-corrected chi connectivity index (χ3v) is 5.79. The van der Waals surface area contributed by atoms with Crippen LogP contribution in [0.5, 0.6) is 5.75 Å². The summed E-state index contributed by atoms with van der Waals surface area (Å²) < 4.78 is 0. The first kappa shape index (κ1) is 18.9. The molecule has 0 spiro atoms. The number of carbonyl (C=O) groups excluding carboxylic acids is 1. The number of nitrogens with zero attached hydrogens (tertiary/aromatic N) is 4. The van der Waals surface area contributed by atoms with Crippen LogP contribution in [0.4, 0.5) is 11.5 Å². The molecule has 6 nitrogen and oxygen atoms in total. The average molecular weight is 401 g/mol. The smallest absolute Gasteiger partial charge is 0.255 e. The second-order valence-electron chi connectivity index (χ2n) is 7.35. The van der Waals surface area contributed by atoms with E-state index in [4.69, 9.17) is 11.6 Å². The number of carbonyl (C=O) groups is 1. The van der Waals surface area contributed by atoms with Crippen LogP contribution in [0, 0.1) is 0 Å². The lowest BCUT2D eigenvalue weighted by Crippen LogP contribution is -2.47. The fraction of sp³-hybridized carbons (Fsp3) is 0.429. The largest absolute Gasteiger partial charge is 0.506 e. The van der Waals surface area contributed by atoms with Crippen molar-refractivity contribution in [2.75, 3.05) is 49.1 Å². The number of rotatable bonds is 3. The number of likely N-dealkylation sites (tertiary alicyclic amines) is 1. The minimum atomic E-state index is 0.0185. The summed E-state index contributed by atoms with van der Waals surface area (Å²) >= 11 is 6.50. The molecule has 2 saturated heterocycles. The van der Waals surface area contributed by atoms with Gasteiger partial charge >= 0.3 is 0 Å². The molecular formula is C21H25ClN4O2. The van der Waals surface area contributed by atoms with Crippen molar-refractivity contribution in [3.05, 3.63) is 47.1 Å². The van der Waals surface area contributed by atoms with Gasteiger partial charge in [0.25, 0.3) is 5.91 Å². The molecule has 2 aromatic rings. The van der Waals surface area contributed by atoms with Crippen LogP contribution in [-0.4, -0.2) is 60.2 Å². The van der Waals surface area contributed by atoms with Gasteiger partial charge in [-0.3, -0.25) is 4.79 Å². The molecule has 2 aliphatic heterocycles. The van der Waals surface area contributed by atoms with E-state index in [1.165, 1.54) is 6.42 Å². The van der Waals surface area contributed by atoms with Crippen LogP contribution in [0.2, 0.25) is 5.02 Å². The van der Waals surface area contributed by atoms with E-state index in [2.05, 4.69) is 14.8 Å². The first-order valence-corrected chi connectivity index (χ1v) is 10.2. The van der Waals surface area contributed by atoms with E-state index in [1.807, 2.05) is 23.1 Å². The number of amides is 1. The summed E-state index contributed by atoms with van der Waals surface area (Å²) in [6.45, 7) is 4.66. The molecule has 1 aromatic carbocycles. The van der Waals surface area contributed by atoms with E-state index in [0.717, 1.165) is 57.8 Å². The summed E-state index contributed by atoms with van der Waals surface area (Å²) in [6, 6.07) is 9.13. The van der Waals surface area contributed by atoms with Crippen LogP contribution in [0.3, 0.4) is 0 Å². The van der Waals surface area contributed by atoms with Gasteiger partial charge in [-0.15, -0.1) is 0 Å². The number of hydrogen-bond acceptors (Lipinski definition) is 5. The molecule has 148 valence electrons. The molecule has 3 heterocycles. The zero-order valence-corrected chi connectivity index (χ0v) is 16.6. The topological polar surface area (TPSA) is 59.9 Å². The highest BCUT2D eigenvalue weighted by atomic mass is 35.5. The highest BCUT2D eigenvalue weighted by Crippen LogP contribution is 2.30. The Morgan fingerprint density at radius 3 is 2.32 bits per heavy atom. The number of anilines is 2. The molecule has 2 aliphatic rings. The van der Waals surface area contributed by atoms with E-state index in [-0.39, 0.29) is 5.91 Å². The standard InChI is InChI=1S/C21H25ClN4O2/c22-17-14-16(21(28)26-8-4-1-5-9-26)15-23-20(17)25-12-10-24(11-13-25)18-6-2-3-7-19(18)27/h2-3,6-7,14-15,27H,1,4-5,8-13H2. The Morgan fingerprint density at radius 2 is 1.64 bits per heavy atom. The van der Waals surface area contributed by atoms with Gasteiger partial charge in [0.2, 0.25) is 0 Å². The lowest BCUT2D eigenvalue weighted by molar-refractivity contribution is 0.0724. The number of phenolic OH excluding ortho intramolecular Hbond substituents is 1. The van der Waals surface area contributed by atoms with Crippen molar-refractivity contribution in [2.45, 2.75) is 19.3 Å². The van der Waals surface area contributed by atoms with E-state index in [0.29, 0.717) is 22.2 Å². The molecule has 2 fully saturated rings. The van der Waals surface area contributed by atoms with Gasteiger partial charge in [-0.1, -0.05) is 23.7 Å². The first-order valence-electron chi connectivity index (χ1n) is 9.86. The van der Waals surface area contributed by atoms with Crippen LogP contribution >= 0.6 is 11.6 Å². The molecule has 0 aliphatic carbocycles. The molecule has 0 bridgehead atoms. The molecule has 4 rings (SSSR count). The summed E-state index contributed by atoms with van der Waals surface area (Å²) in [4.78, 5) is 23.4. The van der Waals surface area contributed by atoms with Crippen molar-refractivity contribution in [2.24, 2.45) is 0 Å². The van der Waals surface area contributed by atoms with Gasteiger partial charge in [0.05, 0.1) is 16.3 Å². The fourth-order valence-electron chi connectivity index (χ4n) is 3.95. The molecule has 0 unspecified atom stereocenters. The van der Waals surface area contributed by atoms with Crippen molar-refractivity contribution in [1.82, 2.24) is 9.88 Å². The maximum absolute atomic E-state index is 12.7. The van der Waals surface area contributed by atoms with E-state index in [1.54, 1.807) is 18.3 Å². The Kier molecular flexibility index (Phi) is 5.57. The van der Waals surface area contributed by atoms with E-state index >= 15 is 0 Å². The molecular weight excluding hydrogens is 376 g/mol. The van der Waals surface area contributed by atoms with Gasteiger partial charge in [-0.2, -0.15) is 0 Å². The van der Waals surface area contributed by atoms with Crippen LogP contribution in [0.1, 0.15) is 29.6 Å². The molecule has 7 heteroatoms. The third kappa shape index (κ3) is 3.87. The van der Waals surface area contributed by atoms with Crippen molar-refractivity contribution >= 4 is 29.0 Å². The number of piperidine rings is 1. The molecule has 1 amide bonds. The number of aromatic hydroxyl groups is 1. The normalized spacial score (nSPS) is 17.7. The third-order valence-electron chi connectivity index (χ3n) is 5.51. The highest BCUT2D eigenvalue weighted by molar-refractivity contribution is 6.33. The lowest BCUT2D eigenvalue weighted by atomic mass is 10.1. The van der Waals surface area contributed by atoms with Crippen LogP contribution < -0.4 is 9.80 Å². The molecule has 0 radical (unpaired) electrons. The summed E-state index contributed by atoms with van der Waals surface area (Å²) in [5, 5.41) is 10.6. The molecule has 28 heavy (non-hydrogen) atoms. The second-order valence-corrected chi connectivity index (χ2v) is 7.75. The van der Waals surface area contributed by atoms with Crippen molar-refractivity contribution < 1.29 is 9.90 Å². The van der Waals surface area contributed by atoms with Crippen LogP contribution in [0.15, 0.2) is 36.5 Å². The first-order chi connectivity index (χ1) is 13.6. The molecule has 1 N–H and O–H groups in total. The molecule has 0 atom stereocenters. The predicted molar refractivity (Wildman–Crippen MR) is 112 cm³/mol. The van der Waals surface area contributed by atoms with Gasteiger partial charge < -0.3 is 19.8 Å². The number of aromatic nitrogens is 1. The van der Waals surface area contributed by atoms with E-state index in [9.17, 15) is 9.90 Å². The number of phenols is 1. The Hall–Kier alpha value is -2.47. The summed E-state index contributed by atoms with van der Waals surface area (Å²) in [6.07, 6.45) is 4.96. The van der Waals surface area contributed by atoms with Gasteiger partial charge in [0.1, 0.15) is 11.6 Å². The number of benzene rings is 1. The zero-order valence-electron chi connectivity index (χ0n) is 15.9. The average Bonchev–Trinajstić information content (AvgIpc) is 2.74. The van der Waals surface area contributed by atoms with Crippen LogP contribution in [0.25, 0.3) is 0 Å². The maximum Gasteiger partial charge on any atom is 0.255 e. The second kappa shape index (κ2) is 8.27. The van der Waals surface area contributed by atoms with Gasteiger partial charge in [0.15, 0.2) is 0 Å². The summed E-state index contributed by atoms with van der Waals surface area (Å²) in [5.74, 6) is 1.03. The van der Waals surface area contributed by atoms with Crippen molar-refractivity contribution in [3.8, 4) is 5.75 Å². The van der Waals surface area contributed by atoms with Gasteiger partial charge in [0, 0.05) is 45.5 Å². The molecule has 0 saturated carbocycles. The predicted octanol–water partition coefficient (Wildman–Crippen LogP) is 3.39. The number of hydrogen-bond donors (Lipinski definition) is 1. The summed E-state index contributed by atoms with van der Waals surface area (Å²) in [5.41, 5.74) is 1.41. The maximum atomic E-state index is 12.7. The SMILES string of the molecule is O=C(c1cnc(N2CCN(c3ccccc3O)CC2)c(Cl)c1)N1CCCCC1. The number of halogens is 1. The number of pyridine rings is 1. The number of piperazine rings is 1. The fourth-order valence-corrected chi connectivity index (χ4v) is 4.24. The molecule has 1 aromatic heterocycles. The quantitative estimate of drug-likeness (QED) is 0.855. The van der Waals surface area contributed by atoms with Gasteiger partial charge in [-0.25, -0.2) is 4.98 Å². The Balaban J connectivity index is 1.43. The van der Waals surface area contributed by atoms with E-state index < -0.39 is 0 Å². The zero-order chi connectivity index (χ0) is 19.5. The Morgan fingerprint density at radius 1 is 0.964 bits per heavy atom. The highest BCUT2D eigenvalue weighted by Gasteiger charge is 2.24. The monoisotopic (exact) mass is 400 g/mol. The van der Waals surface area contributed by atoms with Crippen molar-refractivity contribution in [3.63, 3.8) is 0 Å².